The van der Waals surface area contributed by atoms with Crippen LogP contribution in [0.4, 0.5) is 0 Å². The second kappa shape index (κ2) is 6.05. The normalized spacial score (nSPS) is 25.2. The summed E-state index contributed by atoms with van der Waals surface area (Å²) in [5, 5.41) is 0. The highest BCUT2D eigenvalue weighted by Crippen LogP contribution is 2.45. The SMILES string of the molecule is COC1C(=O)N(CC2CC2)C12CCN(C(=O)c1cnc(C)cn1)CC2. The predicted molar refractivity (Wildman–Crippen MR) is 89.9 cm³/mol. The number of likely N-dealkylation sites (tertiary alicyclic amines) is 2. The summed E-state index contributed by atoms with van der Waals surface area (Å²) in [4.78, 5) is 37.2. The minimum atomic E-state index is -0.359. The average molecular weight is 344 g/mol. The zero-order chi connectivity index (χ0) is 17.6. The quantitative estimate of drug-likeness (QED) is 0.763. The van der Waals surface area contributed by atoms with Crippen molar-refractivity contribution < 1.29 is 14.3 Å². The highest BCUT2D eigenvalue weighted by molar-refractivity contribution is 5.93. The molecule has 0 aromatic carbocycles. The molecule has 2 aliphatic heterocycles. The molecule has 3 heterocycles. The Labute approximate surface area is 147 Å². The minimum Gasteiger partial charge on any atom is -0.369 e. The second-order valence-corrected chi connectivity index (χ2v) is 7.45. The lowest BCUT2D eigenvalue weighted by Crippen LogP contribution is -2.77. The summed E-state index contributed by atoms with van der Waals surface area (Å²) in [7, 11) is 1.61. The van der Waals surface area contributed by atoms with Crippen molar-refractivity contribution in [3.8, 4) is 0 Å². The minimum absolute atomic E-state index is 0.0873. The molecule has 1 aromatic heterocycles. The van der Waals surface area contributed by atoms with Gasteiger partial charge in [-0.3, -0.25) is 14.6 Å². The van der Waals surface area contributed by atoms with E-state index in [1.54, 1.807) is 13.3 Å². The van der Waals surface area contributed by atoms with Gasteiger partial charge in [-0.25, -0.2) is 4.98 Å². The van der Waals surface area contributed by atoms with Gasteiger partial charge >= 0.3 is 0 Å². The Balaban J connectivity index is 1.45. The van der Waals surface area contributed by atoms with Crippen LogP contribution < -0.4 is 0 Å². The molecule has 0 radical (unpaired) electrons. The number of aromatic nitrogens is 2. The number of carbonyl (C=O) groups is 2. The second-order valence-electron chi connectivity index (χ2n) is 7.45. The van der Waals surface area contributed by atoms with E-state index in [4.69, 9.17) is 4.74 Å². The van der Waals surface area contributed by atoms with Crippen LogP contribution >= 0.6 is 0 Å². The standard InChI is InChI=1S/C18H24N4O3/c1-12-9-20-14(10-19-12)16(23)21-7-5-18(6-8-21)15(25-2)17(24)22(18)11-13-3-4-13/h9-10,13,15H,3-8,11H2,1-2H3. The maximum Gasteiger partial charge on any atom is 0.274 e. The molecule has 1 aliphatic carbocycles. The van der Waals surface area contributed by atoms with Crippen LogP contribution in [0.15, 0.2) is 12.4 Å². The number of β-lactam (4-membered cyclic amide) rings is 1. The van der Waals surface area contributed by atoms with Crippen LogP contribution in [-0.2, 0) is 9.53 Å². The molecule has 4 rings (SSSR count). The fourth-order valence-electron chi connectivity index (χ4n) is 4.11. The van der Waals surface area contributed by atoms with Crippen molar-refractivity contribution in [2.24, 2.45) is 5.92 Å². The van der Waals surface area contributed by atoms with Gasteiger partial charge in [-0.05, 0) is 38.5 Å². The molecular weight excluding hydrogens is 320 g/mol. The van der Waals surface area contributed by atoms with Gasteiger partial charge in [0.2, 0.25) is 0 Å². The molecule has 7 heteroatoms. The van der Waals surface area contributed by atoms with Crippen LogP contribution in [0.1, 0.15) is 41.9 Å². The molecule has 25 heavy (non-hydrogen) atoms. The first-order valence-corrected chi connectivity index (χ1v) is 8.97. The lowest BCUT2D eigenvalue weighted by Gasteiger charge is -2.59. The lowest BCUT2D eigenvalue weighted by atomic mass is 9.72. The summed E-state index contributed by atoms with van der Waals surface area (Å²) in [6, 6.07) is 0. The first-order chi connectivity index (χ1) is 12.0. The Morgan fingerprint density at radius 1 is 1.28 bits per heavy atom. The van der Waals surface area contributed by atoms with E-state index in [2.05, 4.69) is 9.97 Å². The Kier molecular flexibility index (Phi) is 3.98. The van der Waals surface area contributed by atoms with Crippen LogP contribution in [0.25, 0.3) is 0 Å². The molecule has 1 spiro atoms. The Morgan fingerprint density at radius 2 is 2.00 bits per heavy atom. The third kappa shape index (κ3) is 2.70. The molecule has 7 nitrogen and oxygen atoms in total. The molecule has 3 aliphatic rings. The first-order valence-electron chi connectivity index (χ1n) is 8.97. The van der Waals surface area contributed by atoms with Crippen molar-refractivity contribution in [1.29, 1.82) is 0 Å². The number of carbonyl (C=O) groups excluding carboxylic acids is 2. The highest BCUT2D eigenvalue weighted by Gasteiger charge is 2.61. The van der Waals surface area contributed by atoms with E-state index in [9.17, 15) is 9.59 Å². The first kappa shape index (κ1) is 16.4. The van der Waals surface area contributed by atoms with E-state index < -0.39 is 0 Å². The third-order valence-corrected chi connectivity index (χ3v) is 5.81. The number of nitrogens with zero attached hydrogens (tertiary/aromatic N) is 4. The van der Waals surface area contributed by atoms with Gasteiger partial charge in [0.1, 0.15) is 5.69 Å². The van der Waals surface area contributed by atoms with Crippen LogP contribution in [0.3, 0.4) is 0 Å². The molecule has 1 saturated carbocycles. The van der Waals surface area contributed by atoms with Gasteiger partial charge in [-0.2, -0.15) is 0 Å². The van der Waals surface area contributed by atoms with E-state index >= 15 is 0 Å². The molecule has 0 N–H and O–H groups in total. The molecule has 1 atom stereocenters. The summed E-state index contributed by atoms with van der Waals surface area (Å²) in [6.45, 7) is 3.92. The number of methoxy groups -OCH3 is 1. The van der Waals surface area contributed by atoms with Crippen molar-refractivity contribution >= 4 is 11.8 Å². The number of hydrogen-bond donors (Lipinski definition) is 0. The molecule has 3 fully saturated rings. The number of piperidine rings is 1. The van der Waals surface area contributed by atoms with Gasteiger partial charge in [0, 0.05) is 32.9 Å². The van der Waals surface area contributed by atoms with Crippen LogP contribution in [0, 0.1) is 12.8 Å². The molecule has 0 bridgehead atoms. The van der Waals surface area contributed by atoms with Gasteiger partial charge in [-0.1, -0.05) is 0 Å². The third-order valence-electron chi connectivity index (χ3n) is 5.81. The maximum absolute atomic E-state index is 12.6. The van der Waals surface area contributed by atoms with Crippen molar-refractivity contribution in [1.82, 2.24) is 19.8 Å². The van der Waals surface area contributed by atoms with Gasteiger partial charge in [0.05, 0.1) is 17.4 Å². The van der Waals surface area contributed by atoms with Gasteiger partial charge < -0.3 is 14.5 Å². The fraction of sp³-hybridized carbons (Fsp3) is 0.667. The largest absolute Gasteiger partial charge is 0.369 e. The molecule has 2 amide bonds. The van der Waals surface area contributed by atoms with E-state index in [0.29, 0.717) is 24.7 Å². The van der Waals surface area contributed by atoms with Gasteiger partial charge in [0.15, 0.2) is 6.10 Å². The number of rotatable bonds is 4. The highest BCUT2D eigenvalue weighted by atomic mass is 16.5. The maximum atomic E-state index is 12.6. The number of amides is 2. The lowest BCUT2D eigenvalue weighted by molar-refractivity contribution is -0.198. The van der Waals surface area contributed by atoms with Crippen molar-refractivity contribution in [2.75, 3.05) is 26.7 Å². The monoisotopic (exact) mass is 344 g/mol. The smallest absolute Gasteiger partial charge is 0.274 e. The average Bonchev–Trinajstić information content (AvgIpc) is 3.45. The Hall–Kier alpha value is -2.02. The van der Waals surface area contributed by atoms with E-state index in [1.165, 1.54) is 19.0 Å². The van der Waals surface area contributed by atoms with Crippen LogP contribution in [0.5, 0.6) is 0 Å². The zero-order valence-electron chi connectivity index (χ0n) is 14.8. The number of hydrogen-bond acceptors (Lipinski definition) is 5. The number of ether oxygens (including phenoxy) is 1. The molecule has 2 saturated heterocycles. The predicted octanol–water partition coefficient (Wildman–Crippen LogP) is 1.03. The summed E-state index contributed by atoms with van der Waals surface area (Å²) in [6.07, 6.45) is 6.74. The molecule has 134 valence electrons. The van der Waals surface area contributed by atoms with E-state index in [0.717, 1.165) is 25.1 Å². The van der Waals surface area contributed by atoms with Crippen molar-refractivity contribution in [2.45, 2.75) is 44.2 Å². The van der Waals surface area contributed by atoms with E-state index in [1.807, 2.05) is 16.7 Å². The van der Waals surface area contributed by atoms with Gasteiger partial charge in [0.25, 0.3) is 11.8 Å². The van der Waals surface area contributed by atoms with Crippen LogP contribution in [0.2, 0.25) is 0 Å². The fourth-order valence-corrected chi connectivity index (χ4v) is 4.11. The van der Waals surface area contributed by atoms with Crippen molar-refractivity contribution in [3.05, 3.63) is 23.8 Å². The van der Waals surface area contributed by atoms with Gasteiger partial charge in [-0.15, -0.1) is 0 Å². The Morgan fingerprint density at radius 3 is 2.56 bits per heavy atom. The zero-order valence-corrected chi connectivity index (χ0v) is 14.8. The molecule has 1 aromatic rings. The summed E-state index contributed by atoms with van der Waals surface area (Å²) >= 11 is 0. The summed E-state index contributed by atoms with van der Waals surface area (Å²) in [5.41, 5.74) is 0.939. The molecule has 1 unspecified atom stereocenters. The van der Waals surface area contributed by atoms with E-state index in [-0.39, 0.29) is 23.5 Å². The number of aryl methyl sites for hydroxylation is 1. The van der Waals surface area contributed by atoms with Crippen molar-refractivity contribution in [3.63, 3.8) is 0 Å². The summed E-state index contributed by atoms with van der Waals surface area (Å²) in [5.74, 6) is 0.676. The Bertz CT molecular complexity index is 678. The summed E-state index contributed by atoms with van der Waals surface area (Å²) < 4.78 is 5.50. The van der Waals surface area contributed by atoms with Crippen LogP contribution in [-0.4, -0.2) is 70.0 Å². The topological polar surface area (TPSA) is 75.6 Å². The molecular formula is C18H24N4O3.